The summed E-state index contributed by atoms with van der Waals surface area (Å²) < 4.78 is 5.40. The molecule has 1 unspecified atom stereocenters. The van der Waals surface area contributed by atoms with Gasteiger partial charge < -0.3 is 15.2 Å². The molecule has 106 valence electrons. The summed E-state index contributed by atoms with van der Waals surface area (Å²) in [6.45, 7) is 0.918. The molecule has 20 heavy (non-hydrogen) atoms. The SMILES string of the molecule is O=C1NC2(CCCOC2)C(O)=C1c1ccc(Cl)cc1Cl. The molecule has 1 saturated heterocycles. The maximum absolute atomic E-state index is 12.2. The van der Waals surface area contributed by atoms with Crippen LogP contribution in [-0.4, -0.2) is 29.8 Å². The van der Waals surface area contributed by atoms with Crippen LogP contribution in [0.2, 0.25) is 10.0 Å². The molecular weight excluding hydrogens is 301 g/mol. The van der Waals surface area contributed by atoms with Crippen molar-refractivity contribution in [3.05, 3.63) is 39.6 Å². The molecule has 1 amide bonds. The van der Waals surface area contributed by atoms with E-state index in [1.54, 1.807) is 18.2 Å². The van der Waals surface area contributed by atoms with E-state index in [9.17, 15) is 9.90 Å². The van der Waals surface area contributed by atoms with Crippen molar-refractivity contribution in [3.8, 4) is 0 Å². The summed E-state index contributed by atoms with van der Waals surface area (Å²) in [4.78, 5) is 12.2. The highest BCUT2D eigenvalue weighted by atomic mass is 35.5. The summed E-state index contributed by atoms with van der Waals surface area (Å²) in [5.41, 5.74) is -0.126. The first-order valence-corrected chi connectivity index (χ1v) is 7.08. The summed E-state index contributed by atoms with van der Waals surface area (Å²) in [6, 6.07) is 4.82. The third-order valence-electron chi connectivity index (χ3n) is 3.71. The molecule has 1 fully saturated rings. The first-order chi connectivity index (χ1) is 9.53. The molecule has 0 aliphatic carbocycles. The Hall–Kier alpha value is -1.23. The van der Waals surface area contributed by atoms with Gasteiger partial charge in [0.25, 0.3) is 5.91 Å². The van der Waals surface area contributed by atoms with Crippen LogP contribution in [0.4, 0.5) is 0 Å². The first kappa shape index (κ1) is 13.7. The highest BCUT2D eigenvalue weighted by Crippen LogP contribution is 2.39. The quantitative estimate of drug-likeness (QED) is 0.838. The van der Waals surface area contributed by atoms with Gasteiger partial charge in [-0.3, -0.25) is 4.79 Å². The van der Waals surface area contributed by atoms with Crippen LogP contribution >= 0.6 is 23.2 Å². The van der Waals surface area contributed by atoms with E-state index in [1.807, 2.05) is 0 Å². The van der Waals surface area contributed by atoms with Crippen LogP contribution < -0.4 is 5.32 Å². The molecule has 1 spiro atoms. The second kappa shape index (κ2) is 4.95. The van der Waals surface area contributed by atoms with Crippen molar-refractivity contribution in [3.63, 3.8) is 0 Å². The van der Waals surface area contributed by atoms with Gasteiger partial charge in [-0.2, -0.15) is 0 Å². The van der Waals surface area contributed by atoms with E-state index >= 15 is 0 Å². The molecular formula is C14H13Cl2NO3. The van der Waals surface area contributed by atoms with Crippen molar-refractivity contribution in [1.29, 1.82) is 0 Å². The van der Waals surface area contributed by atoms with Crippen molar-refractivity contribution in [2.75, 3.05) is 13.2 Å². The third kappa shape index (κ3) is 2.08. The Morgan fingerprint density at radius 1 is 1.35 bits per heavy atom. The third-order valence-corrected chi connectivity index (χ3v) is 4.26. The van der Waals surface area contributed by atoms with Gasteiger partial charge in [0.05, 0.1) is 17.2 Å². The van der Waals surface area contributed by atoms with Crippen LogP contribution in [0, 0.1) is 0 Å². The van der Waals surface area contributed by atoms with Crippen molar-refractivity contribution in [2.45, 2.75) is 18.4 Å². The van der Waals surface area contributed by atoms with Crippen LogP contribution in [0.1, 0.15) is 18.4 Å². The topological polar surface area (TPSA) is 58.6 Å². The number of nitrogens with one attached hydrogen (secondary N) is 1. The molecule has 4 nitrogen and oxygen atoms in total. The van der Waals surface area contributed by atoms with Crippen LogP contribution in [-0.2, 0) is 9.53 Å². The Kier molecular flexibility index (Phi) is 3.40. The number of amides is 1. The van der Waals surface area contributed by atoms with E-state index in [-0.39, 0.29) is 23.8 Å². The molecule has 2 N–H and O–H groups in total. The van der Waals surface area contributed by atoms with Crippen molar-refractivity contribution >= 4 is 34.7 Å². The summed E-state index contributed by atoms with van der Waals surface area (Å²) in [5.74, 6) is -0.330. The lowest BCUT2D eigenvalue weighted by Crippen LogP contribution is -2.50. The average molecular weight is 314 g/mol. The van der Waals surface area contributed by atoms with Crippen molar-refractivity contribution < 1.29 is 14.6 Å². The Balaban J connectivity index is 2.09. The van der Waals surface area contributed by atoms with Crippen LogP contribution in [0.25, 0.3) is 5.57 Å². The van der Waals surface area contributed by atoms with Crippen molar-refractivity contribution in [1.82, 2.24) is 5.32 Å². The molecule has 1 aromatic rings. The highest BCUT2D eigenvalue weighted by Gasteiger charge is 2.47. The maximum Gasteiger partial charge on any atom is 0.256 e. The Labute approximate surface area is 126 Å². The number of benzene rings is 1. The molecule has 0 aromatic heterocycles. The van der Waals surface area contributed by atoms with Gasteiger partial charge >= 0.3 is 0 Å². The van der Waals surface area contributed by atoms with Gasteiger partial charge in [-0.25, -0.2) is 0 Å². The molecule has 2 heterocycles. The number of rotatable bonds is 1. The number of hydrogen-bond donors (Lipinski definition) is 2. The smallest absolute Gasteiger partial charge is 0.256 e. The van der Waals surface area contributed by atoms with Gasteiger partial charge in [0.1, 0.15) is 11.3 Å². The lowest BCUT2D eigenvalue weighted by molar-refractivity contribution is -0.117. The van der Waals surface area contributed by atoms with Gasteiger partial charge in [0.15, 0.2) is 0 Å². The predicted molar refractivity (Wildman–Crippen MR) is 76.9 cm³/mol. The van der Waals surface area contributed by atoms with E-state index < -0.39 is 5.54 Å². The number of hydrogen-bond acceptors (Lipinski definition) is 3. The number of halogens is 2. The summed E-state index contributed by atoms with van der Waals surface area (Å²) in [6.07, 6.45) is 1.44. The Morgan fingerprint density at radius 2 is 2.15 bits per heavy atom. The number of aliphatic hydroxyl groups is 1. The van der Waals surface area contributed by atoms with E-state index in [4.69, 9.17) is 27.9 Å². The summed E-state index contributed by atoms with van der Waals surface area (Å²) >= 11 is 12.0. The van der Waals surface area contributed by atoms with E-state index in [2.05, 4.69) is 5.32 Å². The summed E-state index contributed by atoms with van der Waals surface area (Å²) in [5, 5.41) is 14.2. The van der Waals surface area contributed by atoms with Crippen LogP contribution in [0.15, 0.2) is 24.0 Å². The monoisotopic (exact) mass is 313 g/mol. The second-order valence-electron chi connectivity index (χ2n) is 5.04. The molecule has 6 heteroatoms. The highest BCUT2D eigenvalue weighted by molar-refractivity contribution is 6.37. The molecule has 2 aliphatic heterocycles. The fourth-order valence-corrected chi connectivity index (χ4v) is 3.21. The number of carbonyl (C=O) groups excluding carboxylic acids is 1. The normalized spacial score (nSPS) is 26.2. The predicted octanol–water partition coefficient (Wildman–Crippen LogP) is 2.94. The Bertz CT molecular complexity index is 606. The standard InChI is InChI=1S/C14H13Cl2NO3/c15-8-2-3-9(10(16)6-8)11-12(18)14(17-13(11)19)4-1-5-20-7-14/h2-3,6,18H,1,4-5,7H2,(H,17,19). The largest absolute Gasteiger partial charge is 0.509 e. The molecule has 2 aliphatic rings. The van der Waals surface area contributed by atoms with Gasteiger partial charge in [-0.15, -0.1) is 0 Å². The zero-order valence-corrected chi connectivity index (χ0v) is 12.1. The minimum atomic E-state index is -0.812. The zero-order chi connectivity index (χ0) is 14.3. The van der Waals surface area contributed by atoms with E-state index in [0.29, 0.717) is 28.6 Å². The molecule has 1 aromatic carbocycles. The average Bonchev–Trinajstić information content (AvgIpc) is 2.63. The van der Waals surface area contributed by atoms with E-state index in [1.165, 1.54) is 0 Å². The van der Waals surface area contributed by atoms with E-state index in [0.717, 1.165) is 6.42 Å². The van der Waals surface area contributed by atoms with Crippen LogP contribution in [0.5, 0.6) is 0 Å². The van der Waals surface area contributed by atoms with Gasteiger partial charge in [-0.1, -0.05) is 29.3 Å². The zero-order valence-electron chi connectivity index (χ0n) is 10.6. The summed E-state index contributed by atoms with van der Waals surface area (Å²) in [7, 11) is 0. The van der Waals surface area contributed by atoms with Gasteiger partial charge in [-0.05, 0) is 25.0 Å². The molecule has 0 saturated carbocycles. The van der Waals surface area contributed by atoms with Crippen molar-refractivity contribution in [2.24, 2.45) is 0 Å². The first-order valence-electron chi connectivity index (χ1n) is 6.33. The number of aliphatic hydroxyl groups excluding tert-OH is 1. The lowest BCUT2D eigenvalue weighted by atomic mass is 9.90. The minimum Gasteiger partial charge on any atom is -0.509 e. The van der Waals surface area contributed by atoms with Crippen LogP contribution in [0.3, 0.4) is 0 Å². The molecule has 0 radical (unpaired) electrons. The molecule has 1 atom stereocenters. The fraction of sp³-hybridized carbons (Fsp3) is 0.357. The molecule has 0 bridgehead atoms. The van der Waals surface area contributed by atoms with Gasteiger partial charge in [0.2, 0.25) is 0 Å². The lowest BCUT2D eigenvalue weighted by Gasteiger charge is -2.33. The second-order valence-corrected chi connectivity index (χ2v) is 5.88. The maximum atomic E-state index is 12.2. The number of ether oxygens (including phenoxy) is 1. The Morgan fingerprint density at radius 3 is 2.80 bits per heavy atom. The van der Waals surface area contributed by atoms with Gasteiger partial charge in [0, 0.05) is 17.2 Å². The molecule has 3 rings (SSSR count). The number of carbonyl (C=O) groups is 1. The minimum absolute atomic E-state index is 0.00595. The fourth-order valence-electron chi connectivity index (χ4n) is 2.71.